The molecule has 0 aliphatic carbocycles. The summed E-state index contributed by atoms with van der Waals surface area (Å²) in [5.74, 6) is -0.134. The van der Waals surface area contributed by atoms with Crippen LogP contribution in [0.1, 0.15) is 15.9 Å². The third-order valence-electron chi connectivity index (χ3n) is 2.58. The molecular weight excluding hydrogens is 292 g/mol. The minimum atomic E-state index is -0.134. The Hall–Kier alpha value is -1.81. The molecule has 0 aromatic heterocycles. The third-order valence-corrected chi connectivity index (χ3v) is 3.07. The monoisotopic (exact) mass is 304 g/mol. The first-order valence-corrected chi connectivity index (χ1v) is 6.28. The van der Waals surface area contributed by atoms with Crippen molar-refractivity contribution in [1.82, 2.24) is 0 Å². The maximum atomic E-state index is 12.1. The quantitative estimate of drug-likeness (QED) is 0.833. The zero-order valence-corrected chi connectivity index (χ0v) is 11.5. The Balaban J connectivity index is 2.22. The zero-order chi connectivity index (χ0) is 13.1. The molecule has 3 N–H and O–H groups in total. The van der Waals surface area contributed by atoms with Crippen LogP contribution in [0.2, 0.25) is 0 Å². The van der Waals surface area contributed by atoms with Gasteiger partial charge in [-0.05, 0) is 48.9 Å². The summed E-state index contributed by atoms with van der Waals surface area (Å²) in [7, 11) is 0. The summed E-state index contributed by atoms with van der Waals surface area (Å²) >= 11 is 3.36. The Bertz CT molecular complexity index is 596. The molecule has 0 atom stereocenters. The van der Waals surface area contributed by atoms with Crippen molar-refractivity contribution >= 4 is 33.2 Å². The number of hydrogen-bond acceptors (Lipinski definition) is 2. The van der Waals surface area contributed by atoms with Gasteiger partial charge in [0.05, 0.1) is 0 Å². The number of benzene rings is 2. The number of anilines is 2. The van der Waals surface area contributed by atoms with Crippen molar-refractivity contribution < 1.29 is 4.79 Å². The van der Waals surface area contributed by atoms with Crippen molar-refractivity contribution in [3.63, 3.8) is 0 Å². The summed E-state index contributed by atoms with van der Waals surface area (Å²) in [6.07, 6.45) is 0. The van der Waals surface area contributed by atoms with E-state index in [0.717, 1.165) is 15.7 Å². The van der Waals surface area contributed by atoms with Crippen LogP contribution in [0.3, 0.4) is 0 Å². The highest BCUT2D eigenvalue weighted by Gasteiger charge is 2.09. The second-order valence-electron chi connectivity index (χ2n) is 4.04. The molecule has 0 bridgehead atoms. The largest absolute Gasteiger partial charge is 0.399 e. The van der Waals surface area contributed by atoms with Crippen LogP contribution in [-0.2, 0) is 0 Å². The molecule has 2 aromatic carbocycles. The third kappa shape index (κ3) is 2.90. The number of nitrogens with two attached hydrogens (primary N) is 1. The number of rotatable bonds is 2. The second kappa shape index (κ2) is 5.23. The lowest BCUT2D eigenvalue weighted by Crippen LogP contribution is -2.13. The number of nitrogens with one attached hydrogen (secondary N) is 1. The molecule has 4 heteroatoms. The van der Waals surface area contributed by atoms with E-state index in [9.17, 15) is 4.79 Å². The number of carbonyl (C=O) groups excluding carboxylic acids is 1. The van der Waals surface area contributed by atoms with E-state index in [1.165, 1.54) is 0 Å². The highest BCUT2D eigenvalue weighted by Crippen LogP contribution is 2.18. The molecule has 0 spiro atoms. The molecule has 1 amide bonds. The second-order valence-corrected chi connectivity index (χ2v) is 4.95. The summed E-state index contributed by atoms with van der Waals surface area (Å²) in [6.45, 7) is 1.87. The van der Waals surface area contributed by atoms with Gasteiger partial charge in [0.2, 0.25) is 0 Å². The van der Waals surface area contributed by atoms with E-state index >= 15 is 0 Å². The lowest BCUT2D eigenvalue weighted by atomic mass is 10.1. The van der Waals surface area contributed by atoms with Crippen LogP contribution in [0, 0.1) is 6.92 Å². The van der Waals surface area contributed by atoms with Crippen molar-refractivity contribution in [2.24, 2.45) is 0 Å². The number of aryl methyl sites for hydroxylation is 1. The van der Waals surface area contributed by atoms with Crippen molar-refractivity contribution in [2.45, 2.75) is 6.92 Å². The van der Waals surface area contributed by atoms with Crippen LogP contribution in [0.4, 0.5) is 11.4 Å². The first-order valence-electron chi connectivity index (χ1n) is 5.49. The van der Waals surface area contributed by atoms with Crippen LogP contribution in [-0.4, -0.2) is 5.91 Å². The van der Waals surface area contributed by atoms with E-state index in [4.69, 9.17) is 5.73 Å². The fourth-order valence-corrected chi connectivity index (χ4v) is 2.11. The average molecular weight is 305 g/mol. The van der Waals surface area contributed by atoms with Crippen molar-refractivity contribution in [3.05, 3.63) is 58.1 Å². The predicted molar refractivity (Wildman–Crippen MR) is 77.7 cm³/mol. The fourth-order valence-electron chi connectivity index (χ4n) is 1.71. The standard InChI is InChI=1S/C14H13BrN2O/c1-9-7-11(16)5-6-13(9)14(18)17-12-4-2-3-10(15)8-12/h2-8H,16H2,1H3,(H,17,18). The number of hydrogen-bond donors (Lipinski definition) is 2. The van der Waals surface area contributed by atoms with Gasteiger partial charge >= 0.3 is 0 Å². The molecule has 0 saturated heterocycles. The van der Waals surface area contributed by atoms with Gasteiger partial charge in [-0.15, -0.1) is 0 Å². The van der Waals surface area contributed by atoms with Gasteiger partial charge in [-0.2, -0.15) is 0 Å². The van der Waals surface area contributed by atoms with Gasteiger partial charge in [-0.25, -0.2) is 0 Å². The van der Waals surface area contributed by atoms with E-state index in [2.05, 4.69) is 21.2 Å². The predicted octanol–water partition coefficient (Wildman–Crippen LogP) is 3.59. The molecule has 0 saturated carbocycles. The van der Waals surface area contributed by atoms with E-state index in [-0.39, 0.29) is 5.91 Å². The average Bonchev–Trinajstić information content (AvgIpc) is 2.28. The van der Waals surface area contributed by atoms with E-state index in [0.29, 0.717) is 11.3 Å². The van der Waals surface area contributed by atoms with Gasteiger partial charge in [0.1, 0.15) is 0 Å². The van der Waals surface area contributed by atoms with Crippen LogP contribution in [0.15, 0.2) is 46.9 Å². The number of amides is 1. The lowest BCUT2D eigenvalue weighted by molar-refractivity contribution is 0.102. The topological polar surface area (TPSA) is 55.1 Å². The molecular formula is C14H13BrN2O. The minimum absolute atomic E-state index is 0.134. The van der Waals surface area contributed by atoms with E-state index in [1.54, 1.807) is 18.2 Å². The molecule has 2 rings (SSSR count). The Morgan fingerprint density at radius 2 is 2.00 bits per heavy atom. The Morgan fingerprint density at radius 1 is 1.22 bits per heavy atom. The van der Waals surface area contributed by atoms with E-state index in [1.807, 2.05) is 31.2 Å². The van der Waals surface area contributed by atoms with Gasteiger partial charge in [0, 0.05) is 21.4 Å². The summed E-state index contributed by atoms with van der Waals surface area (Å²) in [5.41, 5.74) is 8.57. The molecule has 0 aliphatic heterocycles. The number of carbonyl (C=O) groups is 1. The molecule has 3 nitrogen and oxygen atoms in total. The van der Waals surface area contributed by atoms with Crippen LogP contribution < -0.4 is 11.1 Å². The maximum Gasteiger partial charge on any atom is 0.255 e. The van der Waals surface area contributed by atoms with E-state index < -0.39 is 0 Å². The maximum absolute atomic E-state index is 12.1. The first-order chi connectivity index (χ1) is 8.56. The Kier molecular flexibility index (Phi) is 3.67. The van der Waals surface area contributed by atoms with Crippen molar-refractivity contribution in [3.8, 4) is 0 Å². The number of nitrogen functional groups attached to an aromatic ring is 1. The highest BCUT2D eigenvalue weighted by molar-refractivity contribution is 9.10. The normalized spacial score (nSPS) is 10.1. The Morgan fingerprint density at radius 3 is 2.67 bits per heavy atom. The highest BCUT2D eigenvalue weighted by atomic mass is 79.9. The van der Waals surface area contributed by atoms with Crippen LogP contribution in [0.5, 0.6) is 0 Å². The SMILES string of the molecule is Cc1cc(N)ccc1C(=O)Nc1cccc(Br)c1. The van der Waals surface area contributed by atoms with Gasteiger partial charge in [-0.3, -0.25) is 4.79 Å². The molecule has 0 fully saturated rings. The molecule has 0 aliphatic rings. The van der Waals surface area contributed by atoms with Gasteiger partial charge < -0.3 is 11.1 Å². The molecule has 2 aromatic rings. The molecule has 92 valence electrons. The van der Waals surface area contributed by atoms with Gasteiger partial charge in [0.25, 0.3) is 5.91 Å². The minimum Gasteiger partial charge on any atom is -0.399 e. The summed E-state index contributed by atoms with van der Waals surface area (Å²) < 4.78 is 0.925. The molecule has 18 heavy (non-hydrogen) atoms. The fraction of sp³-hybridized carbons (Fsp3) is 0.0714. The van der Waals surface area contributed by atoms with Gasteiger partial charge in [-0.1, -0.05) is 22.0 Å². The summed E-state index contributed by atoms with van der Waals surface area (Å²) in [6, 6.07) is 12.7. The summed E-state index contributed by atoms with van der Waals surface area (Å²) in [5, 5.41) is 2.85. The molecule has 0 unspecified atom stereocenters. The molecule has 0 heterocycles. The zero-order valence-electron chi connectivity index (χ0n) is 9.91. The van der Waals surface area contributed by atoms with Crippen molar-refractivity contribution in [2.75, 3.05) is 11.1 Å². The number of halogens is 1. The summed E-state index contributed by atoms with van der Waals surface area (Å²) in [4.78, 5) is 12.1. The lowest BCUT2D eigenvalue weighted by Gasteiger charge is -2.08. The van der Waals surface area contributed by atoms with Crippen LogP contribution in [0.25, 0.3) is 0 Å². The van der Waals surface area contributed by atoms with Gasteiger partial charge in [0.15, 0.2) is 0 Å². The molecule has 0 radical (unpaired) electrons. The Labute approximate surface area is 114 Å². The first kappa shape index (κ1) is 12.6. The smallest absolute Gasteiger partial charge is 0.255 e. The van der Waals surface area contributed by atoms with Crippen LogP contribution >= 0.6 is 15.9 Å². The van der Waals surface area contributed by atoms with Crippen molar-refractivity contribution in [1.29, 1.82) is 0 Å².